The number of hydrogen-bond acceptors (Lipinski definition) is 2. The molecule has 2 N–H and O–H groups in total. The molecule has 98 valence electrons. The highest BCUT2D eigenvalue weighted by Gasteiger charge is 2.54. The molecule has 3 unspecified atom stereocenters. The predicted molar refractivity (Wildman–Crippen MR) is 72.1 cm³/mol. The van der Waals surface area contributed by atoms with Gasteiger partial charge in [-0.25, -0.2) is 4.79 Å². The van der Waals surface area contributed by atoms with Crippen molar-refractivity contribution in [1.29, 1.82) is 0 Å². The standard InChI is InChI=1S/C14H21N3O/c1-4-10(3)17-13(18)16-12(15)14(17)9-7-6-8-11(14)5-2/h1,10-11H,5-9H2,2-3H3,(H2,15,16,18). The average Bonchev–Trinajstić information content (AvgIpc) is 2.61. The first kappa shape index (κ1) is 12.9. The molecule has 1 fully saturated rings. The molecule has 18 heavy (non-hydrogen) atoms. The van der Waals surface area contributed by atoms with Gasteiger partial charge >= 0.3 is 6.03 Å². The topological polar surface area (TPSA) is 58.7 Å². The van der Waals surface area contributed by atoms with Gasteiger partial charge in [-0.05, 0) is 25.7 Å². The fourth-order valence-electron chi connectivity index (χ4n) is 3.56. The number of nitrogens with zero attached hydrogens (tertiary/aromatic N) is 2. The molecule has 0 aromatic carbocycles. The van der Waals surface area contributed by atoms with E-state index >= 15 is 0 Å². The number of nitrogens with two attached hydrogens (primary N) is 1. The lowest BCUT2D eigenvalue weighted by atomic mass is 9.69. The van der Waals surface area contributed by atoms with Crippen molar-refractivity contribution in [2.24, 2.45) is 16.6 Å². The number of aliphatic imine (C=N–C) groups is 1. The predicted octanol–water partition coefficient (Wildman–Crippen LogP) is 2.14. The lowest BCUT2D eigenvalue weighted by Crippen LogP contribution is -2.62. The number of terminal acetylenes is 1. The Balaban J connectivity index is 2.46. The average molecular weight is 247 g/mol. The molecule has 3 atom stereocenters. The van der Waals surface area contributed by atoms with Crippen LogP contribution in [-0.4, -0.2) is 28.3 Å². The van der Waals surface area contributed by atoms with Crippen molar-refractivity contribution in [3.05, 3.63) is 0 Å². The van der Waals surface area contributed by atoms with Crippen molar-refractivity contribution in [2.75, 3.05) is 0 Å². The van der Waals surface area contributed by atoms with Gasteiger partial charge in [-0.3, -0.25) is 4.90 Å². The molecule has 1 heterocycles. The van der Waals surface area contributed by atoms with Crippen molar-refractivity contribution >= 4 is 11.9 Å². The summed E-state index contributed by atoms with van der Waals surface area (Å²) in [5, 5.41) is 0. The van der Waals surface area contributed by atoms with E-state index in [4.69, 9.17) is 12.2 Å². The largest absolute Gasteiger partial charge is 0.385 e. The quantitative estimate of drug-likeness (QED) is 0.760. The summed E-state index contributed by atoms with van der Waals surface area (Å²) < 4.78 is 0. The molecule has 0 aromatic rings. The summed E-state index contributed by atoms with van der Waals surface area (Å²) in [7, 11) is 0. The van der Waals surface area contributed by atoms with Crippen LogP contribution in [0.1, 0.15) is 46.0 Å². The number of hydrogen-bond donors (Lipinski definition) is 1. The molecule has 0 radical (unpaired) electrons. The van der Waals surface area contributed by atoms with Crippen LogP contribution in [0.25, 0.3) is 0 Å². The molecule has 2 amide bonds. The van der Waals surface area contributed by atoms with E-state index in [1.165, 1.54) is 6.42 Å². The van der Waals surface area contributed by atoms with Crippen LogP contribution in [-0.2, 0) is 0 Å². The summed E-state index contributed by atoms with van der Waals surface area (Å²) in [6.07, 6.45) is 10.7. The first-order valence-corrected chi connectivity index (χ1v) is 6.72. The zero-order valence-corrected chi connectivity index (χ0v) is 11.1. The molecule has 1 spiro atoms. The zero-order chi connectivity index (χ0) is 13.3. The summed E-state index contributed by atoms with van der Waals surface area (Å²) >= 11 is 0. The SMILES string of the molecule is C#CC(C)N1C(=O)N=C(N)C12CCCCC2CC. The fourth-order valence-corrected chi connectivity index (χ4v) is 3.56. The fraction of sp³-hybridized carbons (Fsp3) is 0.714. The molecule has 4 nitrogen and oxygen atoms in total. The third-order valence-electron chi connectivity index (χ3n) is 4.45. The third kappa shape index (κ3) is 1.61. The van der Waals surface area contributed by atoms with Gasteiger partial charge in [0.05, 0.1) is 6.04 Å². The van der Waals surface area contributed by atoms with Gasteiger partial charge in [0.1, 0.15) is 11.4 Å². The first-order valence-electron chi connectivity index (χ1n) is 6.72. The second-order valence-corrected chi connectivity index (χ2v) is 5.27. The summed E-state index contributed by atoms with van der Waals surface area (Å²) in [5.41, 5.74) is 5.68. The molecule has 2 aliphatic rings. The van der Waals surface area contributed by atoms with E-state index in [-0.39, 0.29) is 12.1 Å². The van der Waals surface area contributed by atoms with Crippen molar-refractivity contribution in [3.63, 3.8) is 0 Å². The summed E-state index contributed by atoms with van der Waals surface area (Å²) in [4.78, 5) is 17.8. The maximum absolute atomic E-state index is 12.1. The van der Waals surface area contributed by atoms with E-state index < -0.39 is 5.54 Å². The van der Waals surface area contributed by atoms with Crippen LogP contribution >= 0.6 is 0 Å². The Labute approximate surface area is 109 Å². The molecular formula is C14H21N3O. The van der Waals surface area contributed by atoms with Crippen LogP contribution in [0.2, 0.25) is 0 Å². The van der Waals surface area contributed by atoms with Crippen molar-refractivity contribution < 1.29 is 4.79 Å². The minimum absolute atomic E-state index is 0.255. The van der Waals surface area contributed by atoms with Crippen LogP contribution in [0.15, 0.2) is 4.99 Å². The van der Waals surface area contributed by atoms with Crippen molar-refractivity contribution in [3.8, 4) is 12.3 Å². The lowest BCUT2D eigenvalue weighted by Gasteiger charge is -2.47. The summed E-state index contributed by atoms with van der Waals surface area (Å²) in [6.45, 7) is 4.02. The number of amides is 2. The van der Waals surface area contributed by atoms with Gasteiger partial charge in [-0.2, -0.15) is 4.99 Å². The first-order chi connectivity index (χ1) is 8.57. The number of rotatable bonds is 2. The van der Waals surface area contributed by atoms with Crippen LogP contribution in [0.4, 0.5) is 4.79 Å². The van der Waals surface area contributed by atoms with E-state index in [2.05, 4.69) is 17.8 Å². The Morgan fingerprint density at radius 3 is 3.00 bits per heavy atom. The van der Waals surface area contributed by atoms with E-state index in [1.807, 2.05) is 6.92 Å². The van der Waals surface area contributed by atoms with Crippen LogP contribution in [0, 0.1) is 18.3 Å². The minimum atomic E-state index is -0.421. The molecule has 1 aliphatic carbocycles. The second-order valence-electron chi connectivity index (χ2n) is 5.27. The molecule has 2 rings (SSSR count). The van der Waals surface area contributed by atoms with Crippen molar-refractivity contribution in [2.45, 2.75) is 57.5 Å². The number of carbonyl (C=O) groups excluding carboxylic acids is 1. The van der Waals surface area contributed by atoms with Gasteiger partial charge in [-0.15, -0.1) is 6.42 Å². The van der Waals surface area contributed by atoms with Gasteiger partial charge in [0.15, 0.2) is 0 Å². The maximum atomic E-state index is 12.1. The molecule has 1 saturated carbocycles. The van der Waals surface area contributed by atoms with Crippen LogP contribution < -0.4 is 5.73 Å². The Kier molecular flexibility index (Phi) is 3.34. The lowest BCUT2D eigenvalue weighted by molar-refractivity contribution is 0.0806. The molecule has 0 bridgehead atoms. The Morgan fingerprint density at radius 2 is 2.39 bits per heavy atom. The Bertz CT molecular complexity index is 423. The Hall–Kier alpha value is -1.50. The number of urea groups is 1. The number of amidine groups is 1. The number of carbonyl (C=O) groups is 1. The highest BCUT2D eigenvalue weighted by molar-refractivity contribution is 6.06. The van der Waals surface area contributed by atoms with Crippen LogP contribution in [0.5, 0.6) is 0 Å². The molecule has 0 saturated heterocycles. The monoisotopic (exact) mass is 247 g/mol. The summed E-state index contributed by atoms with van der Waals surface area (Å²) in [6, 6.07) is -0.521. The zero-order valence-electron chi connectivity index (χ0n) is 11.1. The molecule has 4 heteroatoms. The highest BCUT2D eigenvalue weighted by Crippen LogP contribution is 2.44. The third-order valence-corrected chi connectivity index (χ3v) is 4.45. The van der Waals surface area contributed by atoms with E-state index in [0.29, 0.717) is 11.8 Å². The highest BCUT2D eigenvalue weighted by atomic mass is 16.2. The second kappa shape index (κ2) is 4.64. The van der Waals surface area contributed by atoms with Crippen LogP contribution in [0.3, 0.4) is 0 Å². The van der Waals surface area contributed by atoms with Gasteiger partial charge in [0.2, 0.25) is 0 Å². The molecule has 1 aliphatic heterocycles. The van der Waals surface area contributed by atoms with Gasteiger partial charge in [-0.1, -0.05) is 32.1 Å². The minimum Gasteiger partial charge on any atom is -0.385 e. The molecule has 0 aromatic heterocycles. The van der Waals surface area contributed by atoms with E-state index in [9.17, 15) is 4.79 Å². The molecular weight excluding hydrogens is 226 g/mol. The smallest absolute Gasteiger partial charge is 0.347 e. The summed E-state index contributed by atoms with van der Waals surface area (Å²) in [5.74, 6) is 3.50. The van der Waals surface area contributed by atoms with E-state index in [0.717, 1.165) is 25.7 Å². The van der Waals surface area contributed by atoms with E-state index in [1.54, 1.807) is 4.90 Å². The van der Waals surface area contributed by atoms with Gasteiger partial charge in [0, 0.05) is 0 Å². The van der Waals surface area contributed by atoms with Crippen molar-refractivity contribution in [1.82, 2.24) is 4.90 Å². The Morgan fingerprint density at radius 1 is 1.67 bits per heavy atom. The van der Waals surface area contributed by atoms with Gasteiger partial charge < -0.3 is 5.73 Å². The normalized spacial score (nSPS) is 33.4. The maximum Gasteiger partial charge on any atom is 0.347 e. The van der Waals surface area contributed by atoms with Gasteiger partial charge in [0.25, 0.3) is 0 Å².